The molecule has 1 N–H and O–H groups in total. The number of fused-ring (bicyclic) bond motifs is 1. The Kier molecular flexibility index (Phi) is 5.27. The van der Waals surface area contributed by atoms with Gasteiger partial charge < -0.3 is 9.73 Å². The van der Waals surface area contributed by atoms with Gasteiger partial charge in [0.15, 0.2) is 0 Å². The first-order valence-corrected chi connectivity index (χ1v) is 11.2. The number of sulfone groups is 1. The Morgan fingerprint density at radius 3 is 2.58 bits per heavy atom. The van der Waals surface area contributed by atoms with E-state index in [-0.39, 0.29) is 17.1 Å². The van der Waals surface area contributed by atoms with Gasteiger partial charge in [-0.2, -0.15) is 5.10 Å². The molecule has 0 saturated heterocycles. The van der Waals surface area contributed by atoms with Crippen molar-refractivity contribution in [3.05, 3.63) is 66.2 Å². The van der Waals surface area contributed by atoms with Crippen LogP contribution in [0.4, 0.5) is 4.39 Å². The molecule has 0 aliphatic carbocycles. The molecular formula is C20H18FN5O4S. The second-order valence-corrected chi connectivity index (χ2v) is 8.78. The van der Waals surface area contributed by atoms with Crippen molar-refractivity contribution in [1.82, 2.24) is 25.1 Å². The van der Waals surface area contributed by atoms with Gasteiger partial charge in [-0.25, -0.2) is 22.5 Å². The second kappa shape index (κ2) is 7.91. The van der Waals surface area contributed by atoms with Crippen LogP contribution in [0.25, 0.3) is 16.6 Å². The molecule has 0 bridgehead atoms. The van der Waals surface area contributed by atoms with Crippen molar-refractivity contribution in [3.8, 4) is 5.69 Å². The number of rotatable bonds is 6. The molecule has 0 spiro atoms. The smallest absolute Gasteiger partial charge is 0.314 e. The van der Waals surface area contributed by atoms with Crippen LogP contribution in [0.2, 0.25) is 0 Å². The molecule has 3 heterocycles. The Balaban J connectivity index is 1.64. The maximum Gasteiger partial charge on any atom is 0.314 e. The summed E-state index contributed by atoms with van der Waals surface area (Å²) in [5, 5.41) is 7.28. The number of carbonyl (C=O) groups is 1. The van der Waals surface area contributed by atoms with Crippen LogP contribution in [0.5, 0.6) is 0 Å². The molecule has 9 nitrogen and oxygen atoms in total. The summed E-state index contributed by atoms with van der Waals surface area (Å²) in [6.45, 7) is 1.82. The first-order valence-electron chi connectivity index (χ1n) is 9.32. The van der Waals surface area contributed by atoms with E-state index in [1.54, 1.807) is 23.0 Å². The topological polar surface area (TPSA) is 120 Å². The normalized spacial score (nSPS) is 12.7. The molecule has 1 amide bonds. The van der Waals surface area contributed by atoms with Gasteiger partial charge in [0, 0.05) is 17.8 Å². The first-order chi connectivity index (χ1) is 14.8. The van der Waals surface area contributed by atoms with Gasteiger partial charge >= 0.3 is 5.22 Å². The van der Waals surface area contributed by atoms with Crippen LogP contribution in [0.1, 0.15) is 35.5 Å². The van der Waals surface area contributed by atoms with E-state index in [4.69, 9.17) is 4.42 Å². The zero-order valence-electron chi connectivity index (χ0n) is 16.6. The minimum absolute atomic E-state index is 0.235. The van der Waals surface area contributed by atoms with Crippen molar-refractivity contribution in [2.75, 3.05) is 6.26 Å². The number of aromatic nitrogens is 4. The predicted octanol–water partition coefficient (Wildman–Crippen LogP) is 2.83. The monoisotopic (exact) mass is 443 g/mol. The van der Waals surface area contributed by atoms with Gasteiger partial charge in [0.1, 0.15) is 11.6 Å². The van der Waals surface area contributed by atoms with Crippen molar-refractivity contribution in [1.29, 1.82) is 0 Å². The molecule has 31 heavy (non-hydrogen) atoms. The molecule has 4 rings (SSSR count). The van der Waals surface area contributed by atoms with E-state index in [2.05, 4.69) is 20.4 Å². The third-order valence-corrected chi connectivity index (χ3v) is 5.51. The Labute approximate surface area is 176 Å². The van der Waals surface area contributed by atoms with E-state index in [1.165, 1.54) is 30.7 Å². The van der Waals surface area contributed by atoms with Crippen LogP contribution >= 0.6 is 0 Å². The summed E-state index contributed by atoms with van der Waals surface area (Å²) < 4.78 is 43.3. The lowest BCUT2D eigenvalue weighted by Crippen LogP contribution is -2.28. The molecule has 0 aliphatic heterocycles. The molecule has 160 valence electrons. The number of hydrogen-bond donors (Lipinski definition) is 1. The highest BCUT2D eigenvalue weighted by atomic mass is 32.2. The summed E-state index contributed by atoms with van der Waals surface area (Å²) in [5.41, 5.74) is 1.48. The average molecular weight is 443 g/mol. The summed E-state index contributed by atoms with van der Waals surface area (Å²) >= 11 is 0. The summed E-state index contributed by atoms with van der Waals surface area (Å²) in [6, 6.07) is 5.20. The van der Waals surface area contributed by atoms with Crippen molar-refractivity contribution < 1.29 is 22.0 Å². The first kappa shape index (κ1) is 20.7. The number of amides is 1. The highest BCUT2D eigenvalue weighted by molar-refractivity contribution is 7.90. The van der Waals surface area contributed by atoms with Crippen LogP contribution in [-0.4, -0.2) is 40.3 Å². The zero-order valence-corrected chi connectivity index (χ0v) is 17.4. The van der Waals surface area contributed by atoms with Gasteiger partial charge in [-0.05, 0) is 30.7 Å². The number of pyridine rings is 1. The predicted molar refractivity (Wildman–Crippen MR) is 109 cm³/mol. The molecule has 4 aromatic rings. The lowest BCUT2D eigenvalue weighted by Gasteiger charge is -2.14. The van der Waals surface area contributed by atoms with Crippen molar-refractivity contribution in [2.24, 2.45) is 0 Å². The quantitative estimate of drug-likeness (QED) is 0.486. The average Bonchev–Trinajstić information content (AvgIpc) is 3.39. The second-order valence-electron chi connectivity index (χ2n) is 6.89. The number of oxazole rings is 1. The summed E-state index contributed by atoms with van der Waals surface area (Å²) in [7, 11) is -3.59. The standard InChI is InChI=1S/C20H18FN5O4S/c1-3-16(18-11-23-20(30-18)31(2,28)29)25-19(27)15-8-22-10-17-14(15)9-24-26(17)13-6-4-12(21)5-7-13/h4-11,16H,3H2,1-2H3,(H,25,27)/t16-/m0/s1. The van der Waals surface area contributed by atoms with Gasteiger partial charge in [0.2, 0.25) is 9.84 Å². The Morgan fingerprint density at radius 2 is 1.94 bits per heavy atom. The SMILES string of the molecule is CC[C@H](NC(=O)c1cncc2c1cnn2-c1ccc(F)cc1)c1cnc(S(C)(=O)=O)o1. The number of nitrogens with one attached hydrogen (secondary N) is 1. The van der Waals surface area contributed by atoms with Gasteiger partial charge in [-0.15, -0.1) is 0 Å². The Morgan fingerprint density at radius 1 is 1.19 bits per heavy atom. The lowest BCUT2D eigenvalue weighted by atomic mass is 10.1. The van der Waals surface area contributed by atoms with E-state index in [9.17, 15) is 17.6 Å². The number of hydrogen-bond acceptors (Lipinski definition) is 7. The van der Waals surface area contributed by atoms with E-state index in [0.717, 1.165) is 6.26 Å². The van der Waals surface area contributed by atoms with E-state index in [0.29, 0.717) is 23.0 Å². The van der Waals surface area contributed by atoms with Gasteiger partial charge in [0.05, 0.1) is 41.4 Å². The van der Waals surface area contributed by atoms with Gasteiger partial charge in [-0.1, -0.05) is 6.92 Å². The highest BCUT2D eigenvalue weighted by Gasteiger charge is 2.23. The van der Waals surface area contributed by atoms with E-state index < -0.39 is 27.0 Å². The molecule has 1 aromatic carbocycles. The molecule has 0 saturated carbocycles. The van der Waals surface area contributed by atoms with Crippen molar-refractivity contribution >= 4 is 26.6 Å². The molecule has 0 fully saturated rings. The highest BCUT2D eigenvalue weighted by Crippen LogP contribution is 2.24. The molecule has 11 heteroatoms. The van der Waals surface area contributed by atoms with Crippen LogP contribution < -0.4 is 5.32 Å². The fraction of sp³-hybridized carbons (Fsp3) is 0.200. The zero-order chi connectivity index (χ0) is 22.2. The molecule has 1 atom stereocenters. The van der Waals surface area contributed by atoms with E-state index in [1.807, 2.05) is 6.92 Å². The fourth-order valence-corrected chi connectivity index (χ4v) is 3.62. The van der Waals surface area contributed by atoms with Crippen LogP contribution in [-0.2, 0) is 9.84 Å². The number of nitrogens with zero attached hydrogens (tertiary/aromatic N) is 4. The maximum atomic E-state index is 13.2. The van der Waals surface area contributed by atoms with Crippen molar-refractivity contribution in [3.63, 3.8) is 0 Å². The minimum Gasteiger partial charge on any atom is -0.431 e. The molecular weight excluding hydrogens is 425 g/mol. The maximum absolute atomic E-state index is 13.2. The minimum atomic E-state index is -3.59. The third-order valence-electron chi connectivity index (χ3n) is 4.69. The van der Waals surface area contributed by atoms with Crippen molar-refractivity contribution in [2.45, 2.75) is 24.6 Å². The lowest BCUT2D eigenvalue weighted by molar-refractivity contribution is 0.0930. The number of benzene rings is 1. The number of carbonyl (C=O) groups excluding carboxylic acids is 1. The molecule has 0 aliphatic rings. The largest absolute Gasteiger partial charge is 0.431 e. The third kappa shape index (κ3) is 4.04. The Bertz CT molecular complexity index is 1360. The van der Waals surface area contributed by atoms with E-state index >= 15 is 0 Å². The Hall–Kier alpha value is -3.60. The molecule has 0 radical (unpaired) electrons. The number of halogens is 1. The van der Waals surface area contributed by atoms with Crippen LogP contribution in [0, 0.1) is 5.82 Å². The van der Waals surface area contributed by atoms with Crippen LogP contribution in [0.3, 0.4) is 0 Å². The summed E-state index contributed by atoms with van der Waals surface area (Å²) in [6.07, 6.45) is 7.25. The van der Waals surface area contributed by atoms with Gasteiger partial charge in [0.25, 0.3) is 5.91 Å². The molecule has 0 unspecified atom stereocenters. The molecule has 3 aromatic heterocycles. The van der Waals surface area contributed by atoms with Crippen LogP contribution in [0.15, 0.2) is 58.7 Å². The summed E-state index contributed by atoms with van der Waals surface area (Å²) in [5.74, 6) is -0.560. The fourth-order valence-electron chi connectivity index (χ4n) is 3.12. The van der Waals surface area contributed by atoms with Gasteiger partial charge in [-0.3, -0.25) is 9.78 Å². The summed E-state index contributed by atoms with van der Waals surface area (Å²) in [4.78, 5) is 20.9.